The minimum absolute atomic E-state index is 0.0627. The van der Waals surface area contributed by atoms with Gasteiger partial charge in [-0.15, -0.1) is 6.58 Å². The molecule has 3 rings (SSSR count). The summed E-state index contributed by atoms with van der Waals surface area (Å²) in [5, 5.41) is 0.954. The molecule has 0 atom stereocenters. The number of hydrogen-bond donors (Lipinski definition) is 0. The summed E-state index contributed by atoms with van der Waals surface area (Å²) in [4.78, 5) is 18.9. The molecule has 1 amide bonds. The Kier molecular flexibility index (Phi) is 6.79. The Morgan fingerprint density at radius 3 is 2.86 bits per heavy atom. The van der Waals surface area contributed by atoms with Crippen molar-refractivity contribution in [1.82, 2.24) is 4.98 Å². The van der Waals surface area contributed by atoms with Gasteiger partial charge in [-0.3, -0.25) is 9.78 Å². The van der Waals surface area contributed by atoms with E-state index in [-0.39, 0.29) is 5.91 Å². The van der Waals surface area contributed by atoms with Crippen LogP contribution in [0.15, 0.2) is 73.4 Å². The number of nitrogens with zero attached hydrogens (tertiary/aromatic N) is 2. The summed E-state index contributed by atoms with van der Waals surface area (Å²) in [6.45, 7) is 4.41. The minimum Gasteiger partial charge on any atom is -0.494 e. The molecule has 0 aliphatic heterocycles. The Morgan fingerprint density at radius 1 is 1.11 bits per heavy atom. The SMILES string of the molecule is C=CCCCCCOc1cccc(N(C)C(=O)c2ccc3ncccc3c2)c1. The van der Waals surface area contributed by atoms with Gasteiger partial charge < -0.3 is 9.64 Å². The summed E-state index contributed by atoms with van der Waals surface area (Å²) >= 11 is 0. The van der Waals surface area contributed by atoms with Gasteiger partial charge in [0.15, 0.2) is 0 Å². The van der Waals surface area contributed by atoms with Gasteiger partial charge in [0.25, 0.3) is 5.91 Å². The van der Waals surface area contributed by atoms with Crippen molar-refractivity contribution in [2.75, 3.05) is 18.6 Å². The highest BCUT2D eigenvalue weighted by Crippen LogP contribution is 2.23. The maximum Gasteiger partial charge on any atom is 0.258 e. The second-order valence-corrected chi connectivity index (χ2v) is 6.76. The molecule has 0 aliphatic carbocycles. The Balaban J connectivity index is 1.65. The van der Waals surface area contributed by atoms with Gasteiger partial charge in [0.05, 0.1) is 12.1 Å². The minimum atomic E-state index is -0.0627. The van der Waals surface area contributed by atoms with Crippen LogP contribution in [0.25, 0.3) is 10.9 Å². The molecule has 0 bridgehead atoms. The van der Waals surface area contributed by atoms with E-state index in [2.05, 4.69) is 11.6 Å². The highest BCUT2D eigenvalue weighted by molar-refractivity contribution is 6.07. The Labute approximate surface area is 166 Å². The first kappa shape index (κ1) is 19.6. The molecule has 1 aromatic heterocycles. The van der Waals surface area contributed by atoms with Crippen molar-refractivity contribution >= 4 is 22.5 Å². The monoisotopic (exact) mass is 374 g/mol. The summed E-state index contributed by atoms with van der Waals surface area (Å²) in [5.41, 5.74) is 2.32. The zero-order valence-electron chi connectivity index (χ0n) is 16.3. The number of amides is 1. The van der Waals surface area contributed by atoms with Gasteiger partial charge in [-0.1, -0.05) is 18.2 Å². The van der Waals surface area contributed by atoms with Crippen LogP contribution < -0.4 is 9.64 Å². The third kappa shape index (κ3) is 4.97. The summed E-state index contributed by atoms with van der Waals surface area (Å²) in [6, 6.07) is 17.1. The van der Waals surface area contributed by atoms with Gasteiger partial charge in [-0.05, 0) is 62.1 Å². The van der Waals surface area contributed by atoms with E-state index < -0.39 is 0 Å². The molecule has 3 aromatic rings. The quantitative estimate of drug-likeness (QED) is 0.360. The van der Waals surface area contributed by atoms with Crippen molar-refractivity contribution in [3.05, 3.63) is 79.0 Å². The molecule has 0 saturated carbocycles. The number of anilines is 1. The van der Waals surface area contributed by atoms with Crippen molar-refractivity contribution in [2.45, 2.75) is 25.7 Å². The lowest BCUT2D eigenvalue weighted by Gasteiger charge is -2.18. The van der Waals surface area contributed by atoms with Gasteiger partial charge >= 0.3 is 0 Å². The van der Waals surface area contributed by atoms with Crippen LogP contribution in [0.4, 0.5) is 5.69 Å². The Morgan fingerprint density at radius 2 is 2.00 bits per heavy atom. The number of hydrogen-bond acceptors (Lipinski definition) is 3. The van der Waals surface area contributed by atoms with E-state index in [9.17, 15) is 4.79 Å². The number of aromatic nitrogens is 1. The molecule has 28 heavy (non-hydrogen) atoms. The first-order chi connectivity index (χ1) is 13.7. The topological polar surface area (TPSA) is 42.4 Å². The van der Waals surface area contributed by atoms with Gasteiger partial charge in [0, 0.05) is 35.9 Å². The van der Waals surface area contributed by atoms with Gasteiger partial charge in [-0.2, -0.15) is 0 Å². The fraction of sp³-hybridized carbons (Fsp3) is 0.250. The fourth-order valence-electron chi connectivity index (χ4n) is 3.06. The molecule has 4 nitrogen and oxygen atoms in total. The molecule has 0 radical (unpaired) electrons. The number of rotatable bonds is 9. The lowest BCUT2D eigenvalue weighted by molar-refractivity contribution is 0.0993. The molecule has 0 unspecified atom stereocenters. The van der Waals surface area contributed by atoms with E-state index in [0.717, 1.165) is 48.0 Å². The van der Waals surface area contributed by atoms with Crippen molar-refractivity contribution in [2.24, 2.45) is 0 Å². The Bertz CT molecular complexity index is 952. The summed E-state index contributed by atoms with van der Waals surface area (Å²) < 4.78 is 5.85. The maximum atomic E-state index is 12.9. The number of ether oxygens (including phenoxy) is 1. The van der Waals surface area contributed by atoms with E-state index in [1.165, 1.54) is 0 Å². The predicted octanol–water partition coefficient (Wildman–Crippen LogP) is 5.64. The maximum absolute atomic E-state index is 12.9. The highest BCUT2D eigenvalue weighted by Gasteiger charge is 2.14. The number of carbonyl (C=O) groups excluding carboxylic acids is 1. The smallest absolute Gasteiger partial charge is 0.258 e. The second kappa shape index (κ2) is 9.70. The van der Waals surface area contributed by atoms with Crippen LogP contribution in [0.2, 0.25) is 0 Å². The average molecular weight is 374 g/mol. The second-order valence-electron chi connectivity index (χ2n) is 6.76. The molecule has 0 spiro atoms. The number of carbonyl (C=O) groups is 1. The largest absolute Gasteiger partial charge is 0.494 e. The third-order valence-corrected chi connectivity index (χ3v) is 4.68. The number of allylic oxidation sites excluding steroid dienone is 1. The van der Waals surface area contributed by atoms with Crippen LogP contribution in [0.5, 0.6) is 5.75 Å². The van der Waals surface area contributed by atoms with Gasteiger partial charge in [0.2, 0.25) is 0 Å². The predicted molar refractivity (Wildman–Crippen MR) is 115 cm³/mol. The molecular formula is C24H26N2O2. The summed E-state index contributed by atoms with van der Waals surface area (Å²) in [7, 11) is 1.78. The highest BCUT2D eigenvalue weighted by atomic mass is 16.5. The molecule has 0 N–H and O–H groups in total. The van der Waals surface area contributed by atoms with Crippen LogP contribution in [-0.2, 0) is 0 Å². The van der Waals surface area contributed by atoms with Crippen LogP contribution >= 0.6 is 0 Å². The lowest BCUT2D eigenvalue weighted by Crippen LogP contribution is -2.26. The molecule has 0 aliphatic rings. The van der Waals surface area contributed by atoms with Crippen LogP contribution in [0.1, 0.15) is 36.0 Å². The van der Waals surface area contributed by atoms with E-state index in [4.69, 9.17) is 4.74 Å². The number of unbranched alkanes of at least 4 members (excludes halogenated alkanes) is 3. The van der Waals surface area contributed by atoms with Crippen molar-refractivity contribution in [3.8, 4) is 5.75 Å². The van der Waals surface area contributed by atoms with E-state index in [1.54, 1.807) is 18.1 Å². The standard InChI is InChI=1S/C24H26N2O2/c1-3-4-5-6-7-16-28-22-12-8-11-21(18-22)26(2)24(27)20-13-14-23-19(17-20)10-9-15-25-23/h3,8-15,17-18H,1,4-7,16H2,2H3. The Hall–Kier alpha value is -3.14. The summed E-state index contributed by atoms with van der Waals surface area (Å²) in [6.07, 6.45) is 8.03. The number of fused-ring (bicyclic) bond motifs is 1. The van der Waals surface area contributed by atoms with E-state index in [0.29, 0.717) is 12.2 Å². The summed E-state index contributed by atoms with van der Waals surface area (Å²) in [5.74, 6) is 0.718. The van der Waals surface area contributed by atoms with Crippen LogP contribution in [0.3, 0.4) is 0 Å². The van der Waals surface area contributed by atoms with E-state index >= 15 is 0 Å². The molecule has 144 valence electrons. The van der Waals surface area contributed by atoms with Crippen LogP contribution in [-0.4, -0.2) is 24.5 Å². The van der Waals surface area contributed by atoms with Crippen molar-refractivity contribution in [1.29, 1.82) is 0 Å². The molecule has 0 fully saturated rings. The molecule has 4 heteroatoms. The average Bonchev–Trinajstić information content (AvgIpc) is 2.75. The molecule has 2 aromatic carbocycles. The van der Waals surface area contributed by atoms with Crippen LogP contribution in [0, 0.1) is 0 Å². The first-order valence-electron chi connectivity index (χ1n) is 9.65. The van der Waals surface area contributed by atoms with Crippen molar-refractivity contribution in [3.63, 3.8) is 0 Å². The third-order valence-electron chi connectivity index (χ3n) is 4.68. The van der Waals surface area contributed by atoms with Gasteiger partial charge in [-0.25, -0.2) is 0 Å². The molecular weight excluding hydrogens is 348 g/mol. The number of pyridine rings is 1. The van der Waals surface area contributed by atoms with Gasteiger partial charge in [0.1, 0.15) is 5.75 Å². The zero-order valence-corrected chi connectivity index (χ0v) is 16.3. The van der Waals surface area contributed by atoms with Crippen molar-refractivity contribution < 1.29 is 9.53 Å². The molecule has 1 heterocycles. The fourth-order valence-corrected chi connectivity index (χ4v) is 3.06. The zero-order chi connectivity index (χ0) is 19.8. The normalized spacial score (nSPS) is 10.6. The van der Waals surface area contributed by atoms with E-state index in [1.807, 2.05) is 60.7 Å². The lowest BCUT2D eigenvalue weighted by atomic mass is 10.1. The molecule has 0 saturated heterocycles. The first-order valence-corrected chi connectivity index (χ1v) is 9.65. The number of benzene rings is 2.